The molecule has 0 unspecified atom stereocenters. The van der Waals surface area contributed by atoms with E-state index in [1.54, 1.807) is 0 Å². The molecule has 0 saturated carbocycles. The van der Waals surface area contributed by atoms with Gasteiger partial charge >= 0.3 is 0 Å². The molecule has 0 radical (unpaired) electrons. The van der Waals surface area contributed by atoms with E-state index >= 15 is 0 Å². The summed E-state index contributed by atoms with van der Waals surface area (Å²) in [4.78, 5) is 0. The fourth-order valence-corrected chi connectivity index (χ4v) is 14.8. The van der Waals surface area contributed by atoms with Crippen molar-refractivity contribution in [2.24, 2.45) is 0 Å². The lowest BCUT2D eigenvalue weighted by Gasteiger charge is -2.18. The maximum Gasteiger partial charge on any atom is 0.0361 e. The summed E-state index contributed by atoms with van der Waals surface area (Å²) in [6.07, 6.45) is 0. The summed E-state index contributed by atoms with van der Waals surface area (Å²) >= 11 is 3.82. The molecule has 0 aliphatic rings. The van der Waals surface area contributed by atoms with Crippen LogP contribution in [0.15, 0.2) is 243 Å². The minimum atomic E-state index is 1.25. The molecule has 0 spiro atoms. The van der Waals surface area contributed by atoms with Crippen molar-refractivity contribution in [2.75, 3.05) is 0 Å². The maximum atomic E-state index is 2.46. The Bertz CT molecular complexity index is 4560. The molecule has 0 N–H and O–H groups in total. The Labute approximate surface area is 422 Å². The first-order chi connectivity index (χ1) is 35.7. The van der Waals surface area contributed by atoms with Crippen molar-refractivity contribution in [2.45, 2.75) is 0 Å². The van der Waals surface area contributed by atoms with Gasteiger partial charge in [-0.2, -0.15) is 0 Å². The normalized spacial score (nSPS) is 12.2. The van der Waals surface area contributed by atoms with Crippen molar-refractivity contribution in [1.29, 1.82) is 0 Å². The Hall–Kier alpha value is -8.66. The highest BCUT2D eigenvalue weighted by Gasteiger charge is 2.21. The fourth-order valence-electron chi connectivity index (χ4n) is 12.5. The second kappa shape index (κ2) is 15.4. The Morgan fingerprint density at radius 1 is 0.181 bits per heavy atom. The van der Waals surface area contributed by atoms with E-state index in [9.17, 15) is 0 Å². The second-order valence-electron chi connectivity index (χ2n) is 19.4. The minimum absolute atomic E-state index is 1.25. The predicted molar refractivity (Wildman–Crippen MR) is 317 cm³/mol. The Kier molecular flexibility index (Phi) is 8.59. The molecular weight excluding hydrogens is 905 g/mol. The molecule has 2 aromatic heterocycles. The molecule has 0 atom stereocenters. The molecule has 2 heteroatoms. The van der Waals surface area contributed by atoms with Gasteiger partial charge in [-0.25, -0.2) is 0 Å². The van der Waals surface area contributed by atoms with Crippen LogP contribution in [-0.4, -0.2) is 0 Å². The molecule has 332 valence electrons. The highest BCUT2D eigenvalue weighted by atomic mass is 32.1. The lowest BCUT2D eigenvalue weighted by molar-refractivity contribution is 1.69. The molecule has 0 fully saturated rings. The zero-order chi connectivity index (χ0) is 47.0. The van der Waals surface area contributed by atoms with Gasteiger partial charge < -0.3 is 0 Å². The molecule has 14 aromatic carbocycles. The highest BCUT2D eigenvalue weighted by Crippen LogP contribution is 2.50. The van der Waals surface area contributed by atoms with Gasteiger partial charge in [0.15, 0.2) is 0 Å². The standard InChI is InChI=1S/C70H40S2/c1-3-15-43-37-45(27-25-41(43)13-1)65-49-17-5-9-21-53(49)67(54-22-10-6-18-50(54)65)47-29-31-59-63(39-47)71-61-35-33-58-57(69(59)61)34-36-62-70(58)60-32-30-48(40-64(60)72-62)68-55-23-11-7-19-51(55)66(52-20-8-12-24-56(52)68)46-28-26-42-14-2-4-16-44(42)38-46/h1-40H. The predicted octanol–water partition coefficient (Wildman–Crippen LogP) is 21.2. The first kappa shape index (κ1) is 40.1. The molecule has 16 rings (SSSR count). The molecule has 16 aromatic rings. The van der Waals surface area contributed by atoms with E-state index < -0.39 is 0 Å². The van der Waals surface area contributed by atoms with E-state index in [1.165, 1.54) is 160 Å². The van der Waals surface area contributed by atoms with E-state index in [0.717, 1.165) is 0 Å². The summed E-state index contributed by atoms with van der Waals surface area (Å²) in [7, 11) is 0. The molecule has 0 bridgehead atoms. The summed E-state index contributed by atoms with van der Waals surface area (Å²) in [5.41, 5.74) is 10.2. The molecule has 2 heterocycles. The number of fused-ring (bicyclic) bond motifs is 15. The monoisotopic (exact) mass is 944 g/mol. The van der Waals surface area contributed by atoms with Gasteiger partial charge in [-0.3, -0.25) is 0 Å². The number of thiophene rings is 2. The molecule has 0 saturated heterocycles. The van der Waals surface area contributed by atoms with Gasteiger partial charge in [-0.05, 0) is 156 Å². The Balaban J connectivity index is 0.847. The Morgan fingerprint density at radius 3 is 0.806 bits per heavy atom. The largest absolute Gasteiger partial charge is 0.135 e. The molecule has 0 nitrogen and oxygen atoms in total. The molecular formula is C70H40S2. The SMILES string of the molecule is c1ccc2cc(-c3c4ccccc4c(-c4ccc5c(c4)sc4ccc6c(ccc7sc8cc(-c9c%10ccccc%10c(-c%10ccc%11ccccc%11c%10)c%10ccccc9%10)ccc8c76)c45)c4ccccc34)ccc2c1. The van der Waals surface area contributed by atoms with Crippen LogP contribution >= 0.6 is 22.7 Å². The summed E-state index contributed by atoms with van der Waals surface area (Å²) in [6.45, 7) is 0. The molecule has 0 amide bonds. The second-order valence-corrected chi connectivity index (χ2v) is 21.6. The number of hydrogen-bond donors (Lipinski definition) is 0. The molecule has 72 heavy (non-hydrogen) atoms. The van der Waals surface area contributed by atoms with Crippen LogP contribution in [0, 0.1) is 0 Å². The van der Waals surface area contributed by atoms with Crippen molar-refractivity contribution in [3.05, 3.63) is 243 Å². The van der Waals surface area contributed by atoms with Gasteiger partial charge in [0.2, 0.25) is 0 Å². The van der Waals surface area contributed by atoms with Crippen molar-refractivity contribution in [3.8, 4) is 44.5 Å². The van der Waals surface area contributed by atoms with Gasteiger partial charge in [0, 0.05) is 40.3 Å². The van der Waals surface area contributed by atoms with Crippen molar-refractivity contribution < 1.29 is 0 Å². The third-order valence-electron chi connectivity index (χ3n) is 15.6. The fraction of sp³-hybridized carbons (Fsp3) is 0. The van der Waals surface area contributed by atoms with Gasteiger partial charge in [-0.15, -0.1) is 22.7 Å². The third kappa shape index (κ3) is 5.85. The van der Waals surface area contributed by atoms with Crippen LogP contribution in [0.3, 0.4) is 0 Å². The summed E-state index contributed by atoms with van der Waals surface area (Å²) in [5.74, 6) is 0. The van der Waals surface area contributed by atoms with Crippen molar-refractivity contribution in [3.63, 3.8) is 0 Å². The van der Waals surface area contributed by atoms with Crippen LogP contribution in [0.4, 0.5) is 0 Å². The zero-order valence-corrected chi connectivity index (χ0v) is 40.5. The maximum absolute atomic E-state index is 2.46. The topological polar surface area (TPSA) is 0 Å². The van der Waals surface area contributed by atoms with Crippen LogP contribution in [0.2, 0.25) is 0 Å². The van der Waals surface area contributed by atoms with E-state index in [0.29, 0.717) is 0 Å². The average Bonchev–Trinajstić information content (AvgIpc) is 4.01. The lowest BCUT2D eigenvalue weighted by Crippen LogP contribution is -1.91. The zero-order valence-electron chi connectivity index (χ0n) is 38.9. The summed E-state index contributed by atoms with van der Waals surface area (Å²) in [6, 6.07) is 91.2. The number of rotatable bonds is 4. The van der Waals surface area contributed by atoms with E-state index in [-0.39, 0.29) is 0 Å². The highest BCUT2D eigenvalue weighted by molar-refractivity contribution is 7.26. The first-order valence-corrected chi connectivity index (χ1v) is 26.4. The average molecular weight is 945 g/mol. The van der Waals surface area contributed by atoms with Gasteiger partial charge in [0.1, 0.15) is 0 Å². The molecule has 0 aliphatic carbocycles. The van der Waals surface area contributed by atoms with E-state index in [1.807, 2.05) is 22.7 Å². The lowest BCUT2D eigenvalue weighted by atomic mass is 9.85. The van der Waals surface area contributed by atoms with Gasteiger partial charge in [-0.1, -0.05) is 206 Å². The third-order valence-corrected chi connectivity index (χ3v) is 17.8. The van der Waals surface area contributed by atoms with E-state index in [4.69, 9.17) is 0 Å². The van der Waals surface area contributed by atoms with E-state index in [2.05, 4.69) is 243 Å². The smallest absolute Gasteiger partial charge is 0.0361 e. The molecule has 0 aliphatic heterocycles. The minimum Gasteiger partial charge on any atom is -0.135 e. The number of benzene rings is 14. The van der Waals surface area contributed by atoms with Crippen LogP contribution < -0.4 is 0 Å². The summed E-state index contributed by atoms with van der Waals surface area (Å²) < 4.78 is 5.27. The quantitative estimate of drug-likeness (QED) is 0.154. The summed E-state index contributed by atoms with van der Waals surface area (Å²) in [5, 5.41) is 23.2. The Morgan fingerprint density at radius 2 is 0.458 bits per heavy atom. The van der Waals surface area contributed by atoms with Gasteiger partial charge in [0.05, 0.1) is 0 Å². The van der Waals surface area contributed by atoms with Crippen LogP contribution in [0.25, 0.3) is 160 Å². The first-order valence-electron chi connectivity index (χ1n) is 24.8. The van der Waals surface area contributed by atoms with Gasteiger partial charge in [0.25, 0.3) is 0 Å². The van der Waals surface area contributed by atoms with Crippen molar-refractivity contribution >= 4 is 138 Å². The van der Waals surface area contributed by atoms with Crippen LogP contribution in [-0.2, 0) is 0 Å². The van der Waals surface area contributed by atoms with Crippen LogP contribution in [0.1, 0.15) is 0 Å². The van der Waals surface area contributed by atoms with Crippen molar-refractivity contribution in [1.82, 2.24) is 0 Å². The number of hydrogen-bond acceptors (Lipinski definition) is 2. The van der Waals surface area contributed by atoms with Crippen LogP contribution in [0.5, 0.6) is 0 Å².